The molecule has 0 amide bonds. The summed E-state index contributed by atoms with van der Waals surface area (Å²) in [5, 5.41) is 6.04. The number of benzene rings is 1. The number of aliphatic imine (C=N–C) groups is 1. The molecule has 0 fully saturated rings. The monoisotopic (exact) mass is 459 g/mol. The van der Waals surface area contributed by atoms with E-state index in [9.17, 15) is 13.2 Å². The molecule has 0 radical (unpaired) electrons. The zero-order valence-electron chi connectivity index (χ0n) is 13.9. The molecule has 0 bridgehead atoms. The van der Waals surface area contributed by atoms with Crippen LogP contribution in [0.2, 0.25) is 0 Å². The number of ether oxygens (including phenoxy) is 1. The van der Waals surface area contributed by atoms with E-state index in [1.165, 1.54) is 6.07 Å². The first-order valence-electron chi connectivity index (χ1n) is 7.65. The minimum atomic E-state index is -4.33. The van der Waals surface area contributed by atoms with E-state index < -0.39 is 11.7 Å². The van der Waals surface area contributed by atoms with Gasteiger partial charge in [0, 0.05) is 26.7 Å². The lowest BCUT2D eigenvalue weighted by atomic mass is 10.1. The first-order chi connectivity index (χ1) is 11.0. The Balaban J connectivity index is 0.00000529. The average Bonchev–Trinajstić information content (AvgIpc) is 2.53. The van der Waals surface area contributed by atoms with Crippen LogP contribution in [-0.2, 0) is 17.5 Å². The molecule has 0 aromatic heterocycles. The third kappa shape index (κ3) is 9.31. The van der Waals surface area contributed by atoms with Crippen LogP contribution < -0.4 is 10.6 Å². The lowest BCUT2D eigenvalue weighted by molar-refractivity contribution is -0.137. The van der Waals surface area contributed by atoms with Gasteiger partial charge in [0.05, 0.1) is 12.2 Å². The van der Waals surface area contributed by atoms with Crippen molar-refractivity contribution >= 4 is 29.9 Å². The molecule has 0 heterocycles. The SMILES string of the molecule is CCCCOCCNC(=NC)NCc1cccc(C(F)(F)F)c1.I. The van der Waals surface area contributed by atoms with Gasteiger partial charge in [-0.25, -0.2) is 0 Å². The van der Waals surface area contributed by atoms with Crippen molar-refractivity contribution in [1.29, 1.82) is 0 Å². The van der Waals surface area contributed by atoms with Crippen molar-refractivity contribution in [3.63, 3.8) is 0 Å². The zero-order valence-corrected chi connectivity index (χ0v) is 16.3. The second kappa shape index (κ2) is 12.3. The summed E-state index contributed by atoms with van der Waals surface area (Å²) in [7, 11) is 1.61. The summed E-state index contributed by atoms with van der Waals surface area (Å²) in [6, 6.07) is 5.24. The smallest absolute Gasteiger partial charge is 0.380 e. The highest BCUT2D eigenvalue weighted by Gasteiger charge is 2.30. The number of alkyl halides is 3. The quantitative estimate of drug-likeness (QED) is 0.269. The van der Waals surface area contributed by atoms with Crippen LogP contribution in [0.5, 0.6) is 0 Å². The highest BCUT2D eigenvalue weighted by molar-refractivity contribution is 14.0. The first-order valence-corrected chi connectivity index (χ1v) is 7.65. The maximum atomic E-state index is 12.7. The third-order valence-electron chi connectivity index (χ3n) is 3.12. The highest BCUT2D eigenvalue weighted by atomic mass is 127. The molecule has 0 saturated carbocycles. The summed E-state index contributed by atoms with van der Waals surface area (Å²) in [5.41, 5.74) is -0.106. The molecule has 0 spiro atoms. The van der Waals surface area contributed by atoms with Gasteiger partial charge in [-0.2, -0.15) is 13.2 Å². The van der Waals surface area contributed by atoms with Crippen LogP contribution in [0.4, 0.5) is 13.2 Å². The Bertz CT molecular complexity index is 496. The maximum Gasteiger partial charge on any atom is 0.416 e. The molecule has 4 nitrogen and oxygen atoms in total. The summed E-state index contributed by atoms with van der Waals surface area (Å²) >= 11 is 0. The van der Waals surface area contributed by atoms with Crippen molar-refractivity contribution in [1.82, 2.24) is 10.6 Å². The fraction of sp³-hybridized carbons (Fsp3) is 0.562. The molecule has 1 aromatic rings. The Morgan fingerprint density at radius 1 is 1.21 bits per heavy atom. The van der Waals surface area contributed by atoms with Crippen molar-refractivity contribution in [2.24, 2.45) is 4.99 Å². The van der Waals surface area contributed by atoms with Crippen LogP contribution in [0.1, 0.15) is 30.9 Å². The van der Waals surface area contributed by atoms with Gasteiger partial charge >= 0.3 is 6.18 Å². The molecular formula is C16H25F3IN3O. The van der Waals surface area contributed by atoms with Crippen LogP contribution in [0.15, 0.2) is 29.3 Å². The Morgan fingerprint density at radius 3 is 2.58 bits per heavy atom. The van der Waals surface area contributed by atoms with E-state index in [0.717, 1.165) is 31.6 Å². The molecule has 0 aliphatic rings. The van der Waals surface area contributed by atoms with E-state index in [1.54, 1.807) is 13.1 Å². The molecule has 24 heavy (non-hydrogen) atoms. The van der Waals surface area contributed by atoms with Crippen molar-refractivity contribution in [2.75, 3.05) is 26.8 Å². The predicted molar refractivity (Wildman–Crippen MR) is 101 cm³/mol. The first kappa shape index (κ1) is 23.0. The average molecular weight is 459 g/mol. The topological polar surface area (TPSA) is 45.6 Å². The van der Waals surface area contributed by atoms with Gasteiger partial charge in [-0.3, -0.25) is 4.99 Å². The van der Waals surface area contributed by atoms with E-state index >= 15 is 0 Å². The number of hydrogen-bond donors (Lipinski definition) is 2. The number of nitrogens with zero attached hydrogens (tertiary/aromatic N) is 1. The van der Waals surface area contributed by atoms with E-state index in [4.69, 9.17) is 4.74 Å². The van der Waals surface area contributed by atoms with Crippen LogP contribution in [0.25, 0.3) is 0 Å². The minimum absolute atomic E-state index is 0. The summed E-state index contributed by atoms with van der Waals surface area (Å²) in [4.78, 5) is 4.02. The Labute approximate surface area is 158 Å². The van der Waals surface area contributed by atoms with Crippen molar-refractivity contribution < 1.29 is 17.9 Å². The van der Waals surface area contributed by atoms with Gasteiger partial charge in [0.2, 0.25) is 0 Å². The lowest BCUT2D eigenvalue weighted by Crippen LogP contribution is -2.38. The maximum absolute atomic E-state index is 12.7. The predicted octanol–water partition coefficient (Wildman–Crippen LogP) is 3.81. The van der Waals surface area contributed by atoms with Gasteiger partial charge in [0.15, 0.2) is 5.96 Å². The molecule has 0 unspecified atom stereocenters. The number of nitrogens with one attached hydrogen (secondary N) is 2. The van der Waals surface area contributed by atoms with Gasteiger partial charge in [-0.05, 0) is 24.1 Å². The fourth-order valence-electron chi connectivity index (χ4n) is 1.85. The molecule has 1 rings (SSSR count). The Kier molecular flexibility index (Phi) is 11.8. The number of hydrogen-bond acceptors (Lipinski definition) is 2. The second-order valence-corrected chi connectivity index (χ2v) is 5.02. The Morgan fingerprint density at radius 2 is 1.96 bits per heavy atom. The summed E-state index contributed by atoms with van der Waals surface area (Å²) in [5.74, 6) is 0.529. The number of guanidine groups is 1. The largest absolute Gasteiger partial charge is 0.416 e. The van der Waals surface area contributed by atoms with Gasteiger partial charge < -0.3 is 15.4 Å². The van der Waals surface area contributed by atoms with E-state index in [1.807, 2.05) is 0 Å². The fourth-order valence-corrected chi connectivity index (χ4v) is 1.85. The number of rotatable bonds is 8. The van der Waals surface area contributed by atoms with Crippen molar-refractivity contribution in [2.45, 2.75) is 32.5 Å². The van der Waals surface area contributed by atoms with E-state index in [-0.39, 0.29) is 30.5 Å². The molecule has 138 valence electrons. The third-order valence-corrected chi connectivity index (χ3v) is 3.12. The van der Waals surface area contributed by atoms with Gasteiger partial charge in [-0.1, -0.05) is 25.5 Å². The van der Waals surface area contributed by atoms with Gasteiger partial charge in [0.25, 0.3) is 0 Å². The zero-order chi connectivity index (χ0) is 17.1. The number of halogens is 4. The van der Waals surface area contributed by atoms with E-state index in [0.29, 0.717) is 24.7 Å². The van der Waals surface area contributed by atoms with Gasteiger partial charge in [-0.15, -0.1) is 24.0 Å². The molecule has 0 saturated heterocycles. The molecule has 0 atom stereocenters. The molecular weight excluding hydrogens is 434 g/mol. The summed E-state index contributed by atoms with van der Waals surface area (Å²) < 4.78 is 43.4. The minimum Gasteiger partial charge on any atom is -0.380 e. The molecule has 1 aromatic carbocycles. The highest BCUT2D eigenvalue weighted by Crippen LogP contribution is 2.29. The standard InChI is InChI=1S/C16H24F3N3O.HI/c1-3-4-9-23-10-8-21-15(20-2)22-12-13-6-5-7-14(11-13)16(17,18)19;/h5-7,11H,3-4,8-10,12H2,1-2H3,(H2,20,21,22);1H. The summed E-state index contributed by atoms with van der Waals surface area (Å²) in [6.07, 6.45) is -2.21. The second-order valence-electron chi connectivity index (χ2n) is 5.02. The van der Waals surface area contributed by atoms with Gasteiger partial charge in [0.1, 0.15) is 0 Å². The van der Waals surface area contributed by atoms with Crippen molar-refractivity contribution in [3.05, 3.63) is 35.4 Å². The lowest BCUT2D eigenvalue weighted by Gasteiger charge is -2.13. The van der Waals surface area contributed by atoms with Crippen molar-refractivity contribution in [3.8, 4) is 0 Å². The van der Waals surface area contributed by atoms with Crippen LogP contribution in [0.3, 0.4) is 0 Å². The van der Waals surface area contributed by atoms with Crippen LogP contribution in [-0.4, -0.2) is 32.8 Å². The van der Waals surface area contributed by atoms with Crippen LogP contribution >= 0.6 is 24.0 Å². The van der Waals surface area contributed by atoms with Crippen LogP contribution in [0, 0.1) is 0 Å². The van der Waals surface area contributed by atoms with E-state index in [2.05, 4.69) is 22.5 Å². The normalized spacial score (nSPS) is 11.8. The molecule has 8 heteroatoms. The molecule has 2 N–H and O–H groups in total. The Hall–Kier alpha value is -1.03. The molecule has 0 aliphatic heterocycles. The summed E-state index contributed by atoms with van der Waals surface area (Å²) in [6.45, 7) is 4.24. The molecule has 0 aliphatic carbocycles. The number of unbranched alkanes of at least 4 members (excludes halogenated alkanes) is 1.